The van der Waals surface area contributed by atoms with Gasteiger partial charge in [-0.3, -0.25) is 10.1 Å². The summed E-state index contributed by atoms with van der Waals surface area (Å²) in [5.74, 6) is -0.0711. The molecule has 32 heavy (non-hydrogen) atoms. The molecule has 1 heterocycles. The molecule has 2 N–H and O–H groups in total. The largest absolute Gasteiger partial charge is 0.497 e. The van der Waals surface area contributed by atoms with E-state index >= 15 is 0 Å². The number of amides is 1. The molecule has 0 bridgehead atoms. The number of methoxy groups -OCH3 is 1. The van der Waals surface area contributed by atoms with Crippen molar-refractivity contribution in [1.29, 1.82) is 0 Å². The highest BCUT2D eigenvalue weighted by Gasteiger charge is 2.27. The van der Waals surface area contributed by atoms with Gasteiger partial charge < -0.3 is 4.74 Å². The van der Waals surface area contributed by atoms with Gasteiger partial charge in [0.05, 0.1) is 7.11 Å². The normalized spacial score (nSPS) is 12.8. The Labute approximate surface area is 191 Å². The highest BCUT2D eigenvalue weighted by molar-refractivity contribution is 7.92. The lowest BCUT2D eigenvalue weighted by molar-refractivity contribution is -0.118. The Morgan fingerprint density at radius 2 is 1.75 bits per heavy atom. The Hall–Kier alpha value is -3.08. The second-order valence-electron chi connectivity index (χ2n) is 7.23. The van der Waals surface area contributed by atoms with Crippen molar-refractivity contribution in [2.45, 2.75) is 19.9 Å². The molecule has 0 spiro atoms. The second-order valence-corrected chi connectivity index (χ2v) is 9.80. The first-order valence-corrected chi connectivity index (χ1v) is 12.2. The molecule has 3 aromatic rings. The summed E-state index contributed by atoms with van der Waals surface area (Å²) in [5.41, 5.74) is 1.57. The number of nitrogens with one attached hydrogen (secondary N) is 2. The molecule has 1 amide bonds. The number of nitrogens with zero attached hydrogens (tertiary/aromatic N) is 2. The number of carbonyl (C=O) groups excluding carboxylic acids is 1. The van der Waals surface area contributed by atoms with Crippen molar-refractivity contribution in [3.8, 4) is 16.3 Å². The van der Waals surface area contributed by atoms with Crippen LogP contribution in [0.1, 0.15) is 19.4 Å². The average molecular weight is 473 g/mol. The van der Waals surface area contributed by atoms with E-state index in [-0.39, 0.29) is 11.0 Å². The lowest BCUT2D eigenvalue weighted by atomic mass is 10.1. The van der Waals surface area contributed by atoms with Crippen molar-refractivity contribution in [3.63, 3.8) is 0 Å². The van der Waals surface area contributed by atoms with Gasteiger partial charge in [-0.15, -0.1) is 10.2 Å². The lowest BCUT2D eigenvalue weighted by Gasteiger charge is -2.19. The van der Waals surface area contributed by atoms with E-state index in [0.717, 1.165) is 22.3 Å². The zero-order valence-corrected chi connectivity index (χ0v) is 19.5. The molecule has 0 saturated heterocycles. The fourth-order valence-corrected chi connectivity index (χ4v) is 4.65. The fraction of sp³-hybridized carbons (Fsp3) is 0.227. The summed E-state index contributed by atoms with van der Waals surface area (Å²) >= 11 is 1.20. The number of sulfonamides is 1. The van der Waals surface area contributed by atoms with E-state index in [9.17, 15) is 13.2 Å². The highest BCUT2D eigenvalue weighted by atomic mass is 32.2. The van der Waals surface area contributed by atoms with Crippen molar-refractivity contribution in [2.75, 3.05) is 12.4 Å². The molecule has 0 aliphatic heterocycles. The van der Waals surface area contributed by atoms with Crippen LogP contribution in [0.4, 0.5) is 5.13 Å². The molecule has 1 aromatic heterocycles. The van der Waals surface area contributed by atoms with Crippen LogP contribution in [0.3, 0.4) is 0 Å². The van der Waals surface area contributed by atoms with Gasteiger partial charge in [0, 0.05) is 11.0 Å². The predicted octanol–water partition coefficient (Wildman–Crippen LogP) is 3.77. The lowest BCUT2D eigenvalue weighted by Crippen LogP contribution is -2.46. The van der Waals surface area contributed by atoms with Gasteiger partial charge in [-0.1, -0.05) is 55.5 Å². The highest BCUT2D eigenvalue weighted by Crippen LogP contribution is 2.28. The van der Waals surface area contributed by atoms with Crippen molar-refractivity contribution >= 4 is 38.5 Å². The smallest absolute Gasteiger partial charge is 0.244 e. The third-order valence-electron chi connectivity index (χ3n) is 4.47. The Morgan fingerprint density at radius 3 is 2.38 bits per heavy atom. The molecule has 8 nitrogen and oxygen atoms in total. The van der Waals surface area contributed by atoms with E-state index in [4.69, 9.17) is 4.74 Å². The molecule has 0 aliphatic rings. The van der Waals surface area contributed by atoms with E-state index in [2.05, 4.69) is 20.2 Å². The molecule has 2 aromatic carbocycles. The van der Waals surface area contributed by atoms with Gasteiger partial charge in [0.25, 0.3) is 0 Å². The predicted molar refractivity (Wildman–Crippen MR) is 127 cm³/mol. The maximum absolute atomic E-state index is 12.8. The Morgan fingerprint density at radius 1 is 1.06 bits per heavy atom. The number of ether oxygens (including phenoxy) is 1. The topological polar surface area (TPSA) is 110 Å². The summed E-state index contributed by atoms with van der Waals surface area (Å²) in [6.45, 7) is 3.52. The molecule has 0 saturated carbocycles. The Balaban J connectivity index is 1.68. The van der Waals surface area contributed by atoms with Gasteiger partial charge in [-0.05, 0) is 41.8 Å². The molecule has 1 atom stereocenters. The number of hydrogen-bond donors (Lipinski definition) is 2. The van der Waals surface area contributed by atoms with E-state index in [0.29, 0.717) is 5.01 Å². The van der Waals surface area contributed by atoms with Crippen LogP contribution >= 0.6 is 11.3 Å². The fourth-order valence-electron chi connectivity index (χ4n) is 2.75. The van der Waals surface area contributed by atoms with Crippen LogP contribution in [0, 0.1) is 5.92 Å². The maximum atomic E-state index is 12.8. The first-order valence-electron chi connectivity index (χ1n) is 9.81. The van der Waals surface area contributed by atoms with Crippen molar-refractivity contribution in [2.24, 2.45) is 5.92 Å². The average Bonchev–Trinajstić information content (AvgIpc) is 3.25. The van der Waals surface area contributed by atoms with E-state index < -0.39 is 22.0 Å². The summed E-state index contributed by atoms with van der Waals surface area (Å²) in [6, 6.07) is 15.4. The quantitative estimate of drug-likeness (QED) is 0.491. The number of anilines is 1. The zero-order valence-electron chi connectivity index (χ0n) is 17.8. The second kappa shape index (κ2) is 10.5. The summed E-state index contributed by atoms with van der Waals surface area (Å²) in [6.07, 6.45) is 1.48. The van der Waals surface area contributed by atoms with Crippen LogP contribution in [0.15, 0.2) is 60.0 Å². The van der Waals surface area contributed by atoms with Crippen LogP contribution in [-0.2, 0) is 14.8 Å². The molecule has 0 radical (unpaired) electrons. The van der Waals surface area contributed by atoms with Crippen LogP contribution in [0.5, 0.6) is 5.75 Å². The van der Waals surface area contributed by atoms with Crippen molar-refractivity contribution < 1.29 is 17.9 Å². The summed E-state index contributed by atoms with van der Waals surface area (Å²) < 4.78 is 32.6. The molecule has 1 unspecified atom stereocenters. The summed E-state index contributed by atoms with van der Waals surface area (Å²) in [7, 11) is -2.25. The van der Waals surface area contributed by atoms with E-state index in [1.54, 1.807) is 33.1 Å². The van der Waals surface area contributed by atoms with Crippen molar-refractivity contribution in [1.82, 2.24) is 14.9 Å². The van der Waals surface area contributed by atoms with Gasteiger partial charge in [0.15, 0.2) is 0 Å². The summed E-state index contributed by atoms with van der Waals surface area (Å²) in [5, 5.41) is 12.7. The third kappa shape index (κ3) is 6.46. The Bertz CT molecular complexity index is 1170. The molecule has 10 heteroatoms. The minimum Gasteiger partial charge on any atom is -0.497 e. The number of rotatable bonds is 9. The van der Waals surface area contributed by atoms with Crippen LogP contribution in [-0.4, -0.2) is 37.7 Å². The minimum absolute atomic E-state index is 0.283. The van der Waals surface area contributed by atoms with Crippen LogP contribution in [0.2, 0.25) is 0 Å². The molecule has 3 rings (SSSR count). The van der Waals surface area contributed by atoms with E-state index in [1.165, 1.54) is 17.4 Å². The standard InChI is InChI=1S/C22H24N4O4S2/c1-15(2)19(26-32(28,29)14-13-16-7-5-4-6-8-16)20(27)23-22-25-24-21(31-22)17-9-11-18(30-3)12-10-17/h4-15,19,26H,1-3H3,(H,23,25,27)/b14-13+. The maximum Gasteiger partial charge on any atom is 0.244 e. The SMILES string of the molecule is COc1ccc(-c2nnc(NC(=O)C(NS(=O)(=O)/C=C/c3ccccc3)C(C)C)s2)cc1. The molecular formula is C22H24N4O4S2. The molecule has 168 valence electrons. The van der Waals surface area contributed by atoms with Crippen LogP contribution in [0.25, 0.3) is 16.6 Å². The minimum atomic E-state index is -3.84. The summed E-state index contributed by atoms with van der Waals surface area (Å²) in [4.78, 5) is 12.8. The number of benzene rings is 2. The van der Waals surface area contributed by atoms with E-state index in [1.807, 2.05) is 42.5 Å². The molecular weight excluding hydrogens is 448 g/mol. The molecule has 0 aliphatic carbocycles. The number of hydrogen-bond acceptors (Lipinski definition) is 7. The first-order chi connectivity index (χ1) is 15.3. The number of aromatic nitrogens is 2. The van der Waals surface area contributed by atoms with Gasteiger partial charge >= 0.3 is 0 Å². The third-order valence-corrected chi connectivity index (χ3v) is 6.44. The first kappa shape index (κ1) is 23.6. The monoisotopic (exact) mass is 472 g/mol. The Kier molecular flexibility index (Phi) is 7.73. The van der Waals surface area contributed by atoms with Gasteiger partial charge in [-0.2, -0.15) is 4.72 Å². The zero-order chi connectivity index (χ0) is 23.1. The molecule has 0 fully saturated rings. The number of carbonyl (C=O) groups is 1. The van der Waals surface area contributed by atoms with Gasteiger partial charge in [0.2, 0.25) is 21.1 Å². The van der Waals surface area contributed by atoms with Gasteiger partial charge in [0.1, 0.15) is 16.8 Å². The van der Waals surface area contributed by atoms with Crippen molar-refractivity contribution in [3.05, 3.63) is 65.6 Å². The van der Waals surface area contributed by atoms with Crippen LogP contribution < -0.4 is 14.8 Å². The van der Waals surface area contributed by atoms with Gasteiger partial charge in [-0.25, -0.2) is 8.42 Å².